The van der Waals surface area contributed by atoms with Crippen molar-refractivity contribution in [3.05, 3.63) is 29.6 Å². The summed E-state index contributed by atoms with van der Waals surface area (Å²) >= 11 is 0. The molecule has 3 nitrogen and oxygen atoms in total. The van der Waals surface area contributed by atoms with Gasteiger partial charge in [-0.1, -0.05) is 0 Å². The van der Waals surface area contributed by atoms with Crippen LogP contribution < -0.4 is 5.32 Å². The molecule has 0 aliphatic carbocycles. The molecule has 1 saturated heterocycles. The second kappa shape index (κ2) is 3.98. The van der Waals surface area contributed by atoms with Gasteiger partial charge in [-0.2, -0.15) is 0 Å². The first-order valence-electron chi connectivity index (χ1n) is 4.40. The normalized spacial score (nSPS) is 22.3. The van der Waals surface area contributed by atoms with Crippen LogP contribution in [0.4, 0.5) is 8.78 Å². The van der Waals surface area contributed by atoms with Gasteiger partial charge in [-0.25, -0.2) is 8.78 Å². The quantitative estimate of drug-likeness (QED) is 0.735. The third kappa shape index (κ3) is 1.73. The van der Waals surface area contributed by atoms with Gasteiger partial charge in [-0.3, -0.25) is 4.98 Å². The van der Waals surface area contributed by atoms with Gasteiger partial charge < -0.3 is 10.1 Å². The van der Waals surface area contributed by atoms with Crippen LogP contribution in [0.5, 0.6) is 0 Å². The van der Waals surface area contributed by atoms with E-state index in [0.29, 0.717) is 19.7 Å². The maximum atomic E-state index is 13.2. The number of halogens is 2. The van der Waals surface area contributed by atoms with Crippen LogP contribution in [0.25, 0.3) is 0 Å². The second-order valence-corrected chi connectivity index (χ2v) is 3.08. The molecule has 76 valence electrons. The van der Waals surface area contributed by atoms with Gasteiger partial charge in [0.15, 0.2) is 0 Å². The third-order valence-electron chi connectivity index (χ3n) is 2.14. The highest BCUT2D eigenvalue weighted by molar-refractivity contribution is 5.19. The van der Waals surface area contributed by atoms with Crippen LogP contribution in [0.15, 0.2) is 12.4 Å². The highest BCUT2D eigenvalue weighted by Gasteiger charge is 2.22. The standard InChI is InChI=1S/C9H10F2N2O/c10-6-3-13-4-7(11)9(6)8-5-12-1-2-14-8/h3-4,8,12H,1-2,5H2. The molecule has 0 amide bonds. The van der Waals surface area contributed by atoms with Crippen molar-refractivity contribution in [3.63, 3.8) is 0 Å². The molecule has 2 heterocycles. The first-order valence-corrected chi connectivity index (χ1v) is 4.40. The van der Waals surface area contributed by atoms with Crippen molar-refractivity contribution in [2.45, 2.75) is 6.10 Å². The molecule has 2 rings (SSSR count). The zero-order chi connectivity index (χ0) is 9.97. The Hall–Kier alpha value is -1.07. The highest BCUT2D eigenvalue weighted by Crippen LogP contribution is 2.23. The van der Waals surface area contributed by atoms with Gasteiger partial charge in [-0.15, -0.1) is 0 Å². The fraction of sp³-hybridized carbons (Fsp3) is 0.444. The second-order valence-electron chi connectivity index (χ2n) is 3.08. The monoisotopic (exact) mass is 200 g/mol. The smallest absolute Gasteiger partial charge is 0.150 e. The summed E-state index contributed by atoms with van der Waals surface area (Å²) in [6.45, 7) is 1.61. The fourth-order valence-electron chi connectivity index (χ4n) is 1.48. The average Bonchev–Trinajstić information content (AvgIpc) is 2.19. The summed E-state index contributed by atoms with van der Waals surface area (Å²) in [5.74, 6) is -1.31. The SMILES string of the molecule is Fc1cncc(F)c1C1CNCCO1. The van der Waals surface area contributed by atoms with Gasteiger partial charge in [0, 0.05) is 13.1 Å². The van der Waals surface area contributed by atoms with Crippen LogP contribution in [-0.2, 0) is 4.74 Å². The zero-order valence-electron chi connectivity index (χ0n) is 7.46. The molecule has 1 aliphatic rings. The third-order valence-corrected chi connectivity index (χ3v) is 2.14. The van der Waals surface area contributed by atoms with Crippen molar-refractivity contribution < 1.29 is 13.5 Å². The fourth-order valence-corrected chi connectivity index (χ4v) is 1.48. The van der Waals surface area contributed by atoms with E-state index in [-0.39, 0.29) is 5.56 Å². The van der Waals surface area contributed by atoms with Gasteiger partial charge in [0.25, 0.3) is 0 Å². The number of aromatic nitrogens is 1. The Kier molecular flexibility index (Phi) is 2.69. The van der Waals surface area contributed by atoms with Crippen molar-refractivity contribution >= 4 is 0 Å². The lowest BCUT2D eigenvalue weighted by Crippen LogP contribution is -2.34. The van der Waals surface area contributed by atoms with E-state index in [1.807, 2.05) is 0 Å². The largest absolute Gasteiger partial charge is 0.371 e. The van der Waals surface area contributed by atoms with E-state index in [4.69, 9.17) is 4.74 Å². The van der Waals surface area contributed by atoms with Gasteiger partial charge in [0.05, 0.1) is 24.6 Å². The van der Waals surface area contributed by atoms with Gasteiger partial charge in [-0.05, 0) is 0 Å². The van der Waals surface area contributed by atoms with Crippen molar-refractivity contribution in [2.75, 3.05) is 19.7 Å². The van der Waals surface area contributed by atoms with Gasteiger partial charge in [0.2, 0.25) is 0 Å². The molecule has 1 atom stereocenters. The van der Waals surface area contributed by atoms with Crippen molar-refractivity contribution in [1.29, 1.82) is 0 Å². The summed E-state index contributed by atoms with van der Waals surface area (Å²) in [5.41, 5.74) is -0.0350. The Bertz CT molecular complexity index is 306. The van der Waals surface area contributed by atoms with E-state index in [9.17, 15) is 8.78 Å². The van der Waals surface area contributed by atoms with E-state index >= 15 is 0 Å². The molecule has 1 aromatic heterocycles. The highest BCUT2D eigenvalue weighted by atomic mass is 19.1. The molecule has 14 heavy (non-hydrogen) atoms. The molecule has 1 fully saturated rings. The predicted molar refractivity (Wildman–Crippen MR) is 45.7 cm³/mol. The van der Waals surface area contributed by atoms with Crippen molar-refractivity contribution in [3.8, 4) is 0 Å². The molecule has 0 aromatic carbocycles. The zero-order valence-corrected chi connectivity index (χ0v) is 7.46. The molecule has 0 bridgehead atoms. The topological polar surface area (TPSA) is 34.2 Å². The van der Waals surface area contributed by atoms with Crippen LogP contribution in [0.2, 0.25) is 0 Å². The molecule has 1 unspecified atom stereocenters. The Morgan fingerprint density at radius 3 is 2.64 bits per heavy atom. The maximum Gasteiger partial charge on any atom is 0.150 e. The van der Waals surface area contributed by atoms with Crippen LogP contribution in [-0.4, -0.2) is 24.7 Å². The Balaban J connectivity index is 2.29. The molecule has 1 N–H and O–H groups in total. The summed E-state index contributed by atoms with van der Waals surface area (Å²) in [7, 11) is 0. The lowest BCUT2D eigenvalue weighted by Gasteiger charge is -2.24. The molecule has 5 heteroatoms. The minimum atomic E-state index is -0.654. The summed E-state index contributed by atoms with van der Waals surface area (Å²) in [5, 5.41) is 3.01. The average molecular weight is 200 g/mol. The maximum absolute atomic E-state index is 13.2. The van der Waals surface area contributed by atoms with Crippen LogP contribution in [0.1, 0.15) is 11.7 Å². The van der Waals surface area contributed by atoms with Crippen LogP contribution >= 0.6 is 0 Å². The number of hydrogen-bond acceptors (Lipinski definition) is 3. The first kappa shape index (κ1) is 9.48. The minimum absolute atomic E-state index is 0.0350. The first-order chi connectivity index (χ1) is 6.79. The van der Waals surface area contributed by atoms with E-state index in [0.717, 1.165) is 12.4 Å². The lowest BCUT2D eigenvalue weighted by molar-refractivity contribution is 0.0231. The summed E-state index contributed by atoms with van der Waals surface area (Å²) in [6.07, 6.45) is 1.44. The minimum Gasteiger partial charge on any atom is -0.371 e. The number of morpholine rings is 1. The number of hydrogen-bond donors (Lipinski definition) is 1. The Labute approximate surface area is 80.1 Å². The summed E-state index contributed by atoms with van der Waals surface area (Å²) in [4.78, 5) is 3.41. The van der Waals surface area contributed by atoms with Crippen molar-refractivity contribution in [2.24, 2.45) is 0 Å². The van der Waals surface area contributed by atoms with Gasteiger partial charge in [0.1, 0.15) is 17.7 Å². The molecular weight excluding hydrogens is 190 g/mol. The molecule has 0 saturated carbocycles. The van der Waals surface area contributed by atoms with E-state index in [1.54, 1.807) is 0 Å². The number of pyridine rings is 1. The van der Waals surface area contributed by atoms with E-state index < -0.39 is 17.7 Å². The Morgan fingerprint density at radius 1 is 1.36 bits per heavy atom. The van der Waals surface area contributed by atoms with Crippen LogP contribution in [0.3, 0.4) is 0 Å². The number of nitrogens with one attached hydrogen (secondary N) is 1. The molecule has 1 aliphatic heterocycles. The summed E-state index contributed by atoms with van der Waals surface area (Å²) < 4.78 is 31.7. The van der Waals surface area contributed by atoms with Gasteiger partial charge >= 0.3 is 0 Å². The van der Waals surface area contributed by atoms with Crippen LogP contribution in [0, 0.1) is 11.6 Å². The molecular formula is C9H10F2N2O. The lowest BCUT2D eigenvalue weighted by atomic mass is 10.1. The summed E-state index contributed by atoms with van der Waals surface area (Å²) in [6, 6.07) is 0. The van der Waals surface area contributed by atoms with E-state index in [1.165, 1.54) is 0 Å². The number of rotatable bonds is 1. The molecule has 1 aromatic rings. The number of nitrogens with zero attached hydrogens (tertiary/aromatic N) is 1. The molecule has 0 spiro atoms. The number of ether oxygens (including phenoxy) is 1. The molecule has 0 radical (unpaired) electrons. The van der Waals surface area contributed by atoms with E-state index in [2.05, 4.69) is 10.3 Å². The van der Waals surface area contributed by atoms with Crippen molar-refractivity contribution in [1.82, 2.24) is 10.3 Å². The Morgan fingerprint density at radius 2 is 2.07 bits per heavy atom. The predicted octanol–water partition coefficient (Wildman–Crippen LogP) is 1.02.